The van der Waals surface area contributed by atoms with Crippen LogP contribution in [0.5, 0.6) is 0 Å². The second-order valence-electron chi connectivity index (χ2n) is 5.13. The van der Waals surface area contributed by atoms with Crippen molar-refractivity contribution in [3.8, 4) is 24.7 Å². The lowest BCUT2D eigenvalue weighted by Crippen LogP contribution is -2.13. The Kier molecular flexibility index (Phi) is 7.20. The van der Waals surface area contributed by atoms with E-state index in [1.165, 1.54) is 0 Å². The summed E-state index contributed by atoms with van der Waals surface area (Å²) in [5.74, 6) is 4.41. The summed E-state index contributed by atoms with van der Waals surface area (Å²) in [5.41, 5.74) is 2.91. The second kappa shape index (κ2) is 10.1. The molecule has 1 N–H and O–H groups in total. The van der Waals surface area contributed by atoms with Gasteiger partial charge in [-0.3, -0.25) is 5.32 Å². The fraction of sp³-hybridized carbons (Fsp3) is 0.0952. The molecule has 0 aliphatic heterocycles. The van der Waals surface area contributed by atoms with Gasteiger partial charge in [0, 0.05) is 5.69 Å². The molecule has 1 aliphatic rings. The number of nitrogens with one attached hydrogen (secondary N) is 1. The Morgan fingerprint density at radius 1 is 1.00 bits per heavy atom. The number of anilines is 1. The smallest absolute Gasteiger partial charge is 0.435 e. The lowest BCUT2D eigenvalue weighted by Gasteiger charge is -2.06. The average molecular weight is 360 g/mol. The Morgan fingerprint density at radius 2 is 1.63 bits per heavy atom. The number of terminal acetylenes is 2. The molecule has 0 saturated carbocycles. The number of rotatable bonds is 4. The number of carbonyl (C=O) groups is 2. The molecule has 0 spiro atoms. The van der Waals surface area contributed by atoms with Gasteiger partial charge in [-0.1, -0.05) is 36.1 Å². The van der Waals surface area contributed by atoms with Gasteiger partial charge in [-0.25, -0.2) is 9.59 Å². The fourth-order valence-electron chi connectivity index (χ4n) is 2.00. The average Bonchev–Trinajstić information content (AvgIpc) is 2.68. The SMILES string of the molecule is C#CCOC(=O)N=C1C=CC(=Cc2ccc(NC(=O)OCC#C)cc2)C=C1. The number of nitrogens with zero attached hydrogens (tertiary/aromatic N) is 1. The molecular formula is C21H16N2O4. The lowest BCUT2D eigenvalue weighted by atomic mass is 10.0. The molecule has 0 unspecified atom stereocenters. The maximum absolute atomic E-state index is 11.4. The van der Waals surface area contributed by atoms with Gasteiger partial charge < -0.3 is 9.47 Å². The summed E-state index contributed by atoms with van der Waals surface area (Å²) in [5, 5.41) is 2.57. The summed E-state index contributed by atoms with van der Waals surface area (Å²) in [7, 11) is 0. The summed E-state index contributed by atoms with van der Waals surface area (Å²) in [4.78, 5) is 26.6. The number of hydrogen-bond donors (Lipinski definition) is 1. The molecule has 2 rings (SSSR count). The predicted molar refractivity (Wildman–Crippen MR) is 104 cm³/mol. The van der Waals surface area contributed by atoms with E-state index in [9.17, 15) is 9.59 Å². The summed E-state index contributed by atoms with van der Waals surface area (Å²) in [6.07, 6.45) is 17.6. The number of benzene rings is 1. The zero-order valence-corrected chi connectivity index (χ0v) is 14.3. The van der Waals surface area contributed by atoms with Gasteiger partial charge in [0.15, 0.2) is 13.2 Å². The molecule has 134 valence electrons. The highest BCUT2D eigenvalue weighted by atomic mass is 16.5. The van der Waals surface area contributed by atoms with E-state index in [1.54, 1.807) is 24.3 Å². The first-order valence-electron chi connectivity index (χ1n) is 7.85. The highest BCUT2D eigenvalue weighted by Gasteiger charge is 2.04. The number of aliphatic imine (C=N–C) groups is 1. The third kappa shape index (κ3) is 6.77. The van der Waals surface area contributed by atoms with Crippen LogP contribution in [0.25, 0.3) is 6.08 Å². The van der Waals surface area contributed by atoms with Gasteiger partial charge in [-0.2, -0.15) is 4.99 Å². The van der Waals surface area contributed by atoms with Crippen molar-refractivity contribution < 1.29 is 19.1 Å². The van der Waals surface area contributed by atoms with Crippen molar-refractivity contribution in [2.45, 2.75) is 0 Å². The zero-order chi connectivity index (χ0) is 19.5. The van der Waals surface area contributed by atoms with Gasteiger partial charge in [0.25, 0.3) is 0 Å². The third-order valence-corrected chi connectivity index (χ3v) is 3.17. The molecule has 0 bridgehead atoms. The van der Waals surface area contributed by atoms with Gasteiger partial charge in [-0.15, -0.1) is 12.8 Å². The molecule has 0 aromatic heterocycles. The molecule has 0 heterocycles. The molecule has 1 aromatic rings. The van der Waals surface area contributed by atoms with Crippen molar-refractivity contribution in [2.24, 2.45) is 4.99 Å². The van der Waals surface area contributed by atoms with Crippen molar-refractivity contribution in [3.63, 3.8) is 0 Å². The Bertz CT molecular complexity index is 889. The molecule has 6 nitrogen and oxygen atoms in total. The van der Waals surface area contributed by atoms with Gasteiger partial charge >= 0.3 is 12.2 Å². The summed E-state index contributed by atoms with van der Waals surface area (Å²) >= 11 is 0. The van der Waals surface area contributed by atoms with Crippen LogP contribution >= 0.6 is 0 Å². The van der Waals surface area contributed by atoms with E-state index in [4.69, 9.17) is 17.6 Å². The van der Waals surface area contributed by atoms with Crippen molar-refractivity contribution in [2.75, 3.05) is 18.5 Å². The van der Waals surface area contributed by atoms with E-state index in [1.807, 2.05) is 30.4 Å². The van der Waals surface area contributed by atoms with Crippen LogP contribution in [-0.4, -0.2) is 31.1 Å². The van der Waals surface area contributed by atoms with Crippen LogP contribution in [0.4, 0.5) is 15.3 Å². The molecule has 0 saturated heterocycles. The van der Waals surface area contributed by atoms with Gasteiger partial charge in [0.2, 0.25) is 0 Å². The normalized spacial score (nSPS) is 11.8. The number of amides is 2. The monoisotopic (exact) mass is 360 g/mol. The van der Waals surface area contributed by atoms with Crippen molar-refractivity contribution >= 4 is 29.7 Å². The molecule has 0 atom stereocenters. The Hall–Kier alpha value is -4.03. The van der Waals surface area contributed by atoms with Crippen LogP contribution in [-0.2, 0) is 9.47 Å². The number of allylic oxidation sites excluding steroid dienone is 5. The number of ether oxygens (including phenoxy) is 2. The van der Waals surface area contributed by atoms with E-state index in [-0.39, 0.29) is 13.2 Å². The van der Waals surface area contributed by atoms with Crippen molar-refractivity contribution in [1.29, 1.82) is 0 Å². The fourth-order valence-corrected chi connectivity index (χ4v) is 2.00. The second-order valence-corrected chi connectivity index (χ2v) is 5.13. The van der Waals surface area contributed by atoms with Crippen LogP contribution in [0.15, 0.2) is 59.1 Å². The van der Waals surface area contributed by atoms with E-state index >= 15 is 0 Å². The first-order chi connectivity index (χ1) is 13.1. The van der Waals surface area contributed by atoms with E-state index in [0.29, 0.717) is 11.4 Å². The van der Waals surface area contributed by atoms with E-state index in [0.717, 1.165) is 11.1 Å². The molecule has 27 heavy (non-hydrogen) atoms. The minimum absolute atomic E-state index is 0.0817. The van der Waals surface area contributed by atoms with E-state index < -0.39 is 12.2 Å². The quantitative estimate of drug-likeness (QED) is 0.833. The molecule has 0 radical (unpaired) electrons. The first kappa shape index (κ1) is 19.3. The topological polar surface area (TPSA) is 77.0 Å². The van der Waals surface area contributed by atoms with Crippen LogP contribution < -0.4 is 5.32 Å². The zero-order valence-electron chi connectivity index (χ0n) is 14.3. The van der Waals surface area contributed by atoms with Gasteiger partial charge in [-0.05, 0) is 41.5 Å². The lowest BCUT2D eigenvalue weighted by molar-refractivity contribution is 0.171. The van der Waals surface area contributed by atoms with E-state index in [2.05, 4.69) is 26.9 Å². The third-order valence-electron chi connectivity index (χ3n) is 3.17. The minimum Gasteiger partial charge on any atom is -0.436 e. The maximum Gasteiger partial charge on any atom is 0.435 e. The number of hydrogen-bond acceptors (Lipinski definition) is 4. The number of carbonyl (C=O) groups excluding carboxylic acids is 2. The summed E-state index contributed by atoms with van der Waals surface area (Å²) < 4.78 is 9.42. The van der Waals surface area contributed by atoms with Crippen LogP contribution in [0.2, 0.25) is 0 Å². The Balaban J connectivity index is 1.95. The largest absolute Gasteiger partial charge is 0.436 e. The van der Waals surface area contributed by atoms with Gasteiger partial charge in [0.1, 0.15) is 0 Å². The minimum atomic E-state index is -0.728. The van der Waals surface area contributed by atoms with Crippen molar-refractivity contribution in [1.82, 2.24) is 0 Å². The summed E-state index contributed by atoms with van der Waals surface area (Å²) in [6.45, 7) is -0.192. The highest BCUT2D eigenvalue weighted by molar-refractivity contribution is 6.10. The molecule has 1 aromatic carbocycles. The molecular weight excluding hydrogens is 344 g/mol. The van der Waals surface area contributed by atoms with Crippen LogP contribution in [0.1, 0.15) is 5.56 Å². The molecule has 6 heteroatoms. The molecule has 0 fully saturated rings. The van der Waals surface area contributed by atoms with Crippen molar-refractivity contribution in [3.05, 3.63) is 59.7 Å². The molecule has 2 amide bonds. The summed E-state index contributed by atoms with van der Waals surface area (Å²) in [6, 6.07) is 7.17. The standard InChI is InChI=1S/C21H16N2O4/c1-3-13-26-20(24)22-18-9-5-16(6-10-18)15-17-7-11-19(12-8-17)23-21(25)27-14-4-2/h1-2,5-12,15H,13-14H2,(H,22,24). The van der Waals surface area contributed by atoms with Crippen LogP contribution in [0, 0.1) is 24.7 Å². The highest BCUT2D eigenvalue weighted by Crippen LogP contribution is 2.16. The van der Waals surface area contributed by atoms with Gasteiger partial charge in [0.05, 0.1) is 5.71 Å². The van der Waals surface area contributed by atoms with Crippen LogP contribution in [0.3, 0.4) is 0 Å². The molecule has 1 aliphatic carbocycles. The predicted octanol–water partition coefficient (Wildman–Crippen LogP) is 3.59. The maximum atomic E-state index is 11.4. The Labute approximate surface area is 157 Å². The first-order valence-corrected chi connectivity index (χ1v) is 7.85. The Morgan fingerprint density at radius 3 is 2.26 bits per heavy atom.